The molecular formula is C20H28N2O5. The molecule has 3 aliphatic rings. The molecule has 0 amide bonds. The standard InChI is InChI=1S/C20H28N2O5/c1-14-4-3-5-17-18(24)12-20(27-19(14)17,22-8-10-25-11-9-22)26-15(2)21-7-6-16(23)13-21/h3-5,15-16,23H,6-13H2,1-2H3. The van der Waals surface area contributed by atoms with Gasteiger partial charge in [-0.15, -0.1) is 0 Å². The van der Waals surface area contributed by atoms with Crippen LogP contribution in [0.3, 0.4) is 0 Å². The van der Waals surface area contributed by atoms with Crippen LogP contribution in [0.5, 0.6) is 5.75 Å². The van der Waals surface area contributed by atoms with E-state index in [2.05, 4.69) is 9.80 Å². The van der Waals surface area contributed by atoms with Gasteiger partial charge in [0.25, 0.3) is 5.91 Å². The summed E-state index contributed by atoms with van der Waals surface area (Å²) < 4.78 is 18.4. The number of nitrogens with zero attached hydrogens (tertiary/aromatic N) is 2. The van der Waals surface area contributed by atoms with Crippen LogP contribution >= 0.6 is 0 Å². The third kappa shape index (κ3) is 3.62. The number of carbonyl (C=O) groups excluding carboxylic acids is 1. The first-order valence-corrected chi connectivity index (χ1v) is 9.73. The molecule has 2 fully saturated rings. The fraction of sp³-hybridized carbons (Fsp3) is 0.650. The SMILES string of the molecule is Cc1cccc2c1OC(OC(C)N1CCC(O)C1)(N1CCOCC1)CC2=O. The minimum Gasteiger partial charge on any atom is -0.447 e. The van der Waals surface area contributed by atoms with Gasteiger partial charge in [0.2, 0.25) is 0 Å². The quantitative estimate of drug-likeness (QED) is 0.851. The Morgan fingerprint density at radius 1 is 1.30 bits per heavy atom. The molecule has 148 valence electrons. The van der Waals surface area contributed by atoms with Crippen LogP contribution in [0, 0.1) is 6.92 Å². The van der Waals surface area contributed by atoms with Gasteiger partial charge >= 0.3 is 0 Å². The number of Topliss-reactive ketones (excluding diaryl/α,β-unsaturated/α-hetero) is 1. The maximum atomic E-state index is 13.0. The summed E-state index contributed by atoms with van der Waals surface area (Å²) in [5.41, 5.74) is 1.54. The number of aliphatic hydroxyl groups excluding tert-OH is 1. The molecule has 7 heteroatoms. The van der Waals surface area contributed by atoms with E-state index < -0.39 is 5.91 Å². The van der Waals surface area contributed by atoms with Gasteiger partial charge in [0.15, 0.2) is 5.78 Å². The number of rotatable bonds is 4. The second-order valence-electron chi connectivity index (χ2n) is 7.62. The van der Waals surface area contributed by atoms with Crippen LogP contribution in [0.15, 0.2) is 18.2 Å². The highest BCUT2D eigenvalue weighted by atomic mass is 16.7. The van der Waals surface area contributed by atoms with Crippen molar-refractivity contribution in [3.8, 4) is 5.75 Å². The largest absolute Gasteiger partial charge is 0.447 e. The molecule has 0 spiro atoms. The monoisotopic (exact) mass is 376 g/mol. The van der Waals surface area contributed by atoms with E-state index in [4.69, 9.17) is 14.2 Å². The van der Waals surface area contributed by atoms with E-state index >= 15 is 0 Å². The third-order valence-electron chi connectivity index (χ3n) is 5.71. The Labute approximate surface area is 159 Å². The first-order chi connectivity index (χ1) is 13.0. The molecule has 1 N–H and O–H groups in total. The first kappa shape index (κ1) is 18.8. The molecular weight excluding hydrogens is 348 g/mol. The maximum Gasteiger partial charge on any atom is 0.282 e. The lowest BCUT2D eigenvalue weighted by Gasteiger charge is -2.48. The van der Waals surface area contributed by atoms with Crippen LogP contribution in [0.2, 0.25) is 0 Å². The van der Waals surface area contributed by atoms with E-state index in [1.165, 1.54) is 0 Å². The molecule has 0 aliphatic carbocycles. The molecule has 2 saturated heterocycles. The number of hydrogen-bond donors (Lipinski definition) is 1. The summed E-state index contributed by atoms with van der Waals surface area (Å²) in [5, 5.41) is 9.87. The van der Waals surface area contributed by atoms with Gasteiger partial charge in [0.05, 0.1) is 31.3 Å². The van der Waals surface area contributed by atoms with Crippen molar-refractivity contribution in [3.63, 3.8) is 0 Å². The molecule has 1 aromatic carbocycles. The van der Waals surface area contributed by atoms with Crippen LogP contribution in [-0.2, 0) is 9.47 Å². The van der Waals surface area contributed by atoms with Gasteiger partial charge in [-0.2, -0.15) is 0 Å². The fourth-order valence-electron chi connectivity index (χ4n) is 4.16. The summed E-state index contributed by atoms with van der Waals surface area (Å²) in [6.07, 6.45) is 0.278. The molecule has 27 heavy (non-hydrogen) atoms. The molecule has 4 rings (SSSR count). The van der Waals surface area contributed by atoms with E-state index in [0.29, 0.717) is 44.2 Å². The summed E-state index contributed by atoms with van der Waals surface area (Å²) in [5.74, 6) is -0.513. The van der Waals surface area contributed by atoms with Gasteiger partial charge < -0.3 is 19.3 Å². The number of aryl methyl sites for hydroxylation is 1. The number of aliphatic hydroxyl groups is 1. The van der Waals surface area contributed by atoms with E-state index in [9.17, 15) is 9.90 Å². The third-order valence-corrected chi connectivity index (χ3v) is 5.71. The Morgan fingerprint density at radius 3 is 2.78 bits per heavy atom. The lowest BCUT2D eigenvalue weighted by molar-refractivity contribution is -0.318. The van der Waals surface area contributed by atoms with Crippen LogP contribution in [0.1, 0.15) is 35.7 Å². The predicted octanol–water partition coefficient (Wildman–Crippen LogP) is 1.38. The summed E-state index contributed by atoms with van der Waals surface area (Å²) in [4.78, 5) is 17.1. The van der Waals surface area contributed by atoms with Crippen LogP contribution in [-0.4, -0.2) is 78.3 Å². The Hall–Kier alpha value is -1.51. The fourth-order valence-corrected chi connectivity index (χ4v) is 4.16. The highest BCUT2D eigenvalue weighted by Crippen LogP contribution is 2.39. The zero-order valence-corrected chi connectivity index (χ0v) is 16.0. The smallest absolute Gasteiger partial charge is 0.282 e. The zero-order chi connectivity index (χ0) is 19.0. The zero-order valence-electron chi connectivity index (χ0n) is 16.0. The Bertz CT molecular complexity index is 706. The number of β-amino-alcohol motifs (C(OH)–C–C–N with tert-alkyl or cyclic N) is 1. The summed E-state index contributed by atoms with van der Waals surface area (Å²) in [7, 11) is 0. The van der Waals surface area contributed by atoms with Crippen molar-refractivity contribution in [2.45, 2.75) is 44.9 Å². The van der Waals surface area contributed by atoms with Crippen molar-refractivity contribution in [2.75, 3.05) is 39.4 Å². The lowest BCUT2D eigenvalue weighted by Crippen LogP contribution is -2.63. The first-order valence-electron chi connectivity index (χ1n) is 9.73. The molecule has 3 heterocycles. The average Bonchev–Trinajstić information content (AvgIpc) is 3.10. The summed E-state index contributed by atoms with van der Waals surface area (Å²) in [6.45, 7) is 7.70. The van der Waals surface area contributed by atoms with Crippen molar-refractivity contribution in [1.82, 2.24) is 9.80 Å². The molecule has 1 aromatic rings. The second-order valence-corrected chi connectivity index (χ2v) is 7.62. The van der Waals surface area contributed by atoms with Crippen molar-refractivity contribution in [2.24, 2.45) is 0 Å². The molecule has 3 atom stereocenters. The van der Waals surface area contributed by atoms with E-state index in [-0.39, 0.29) is 24.5 Å². The van der Waals surface area contributed by atoms with Crippen molar-refractivity contribution >= 4 is 5.78 Å². The van der Waals surface area contributed by atoms with Crippen LogP contribution in [0.4, 0.5) is 0 Å². The molecule has 3 unspecified atom stereocenters. The highest BCUT2D eigenvalue weighted by Gasteiger charge is 2.49. The topological polar surface area (TPSA) is 71.5 Å². The number of carbonyl (C=O) groups is 1. The molecule has 0 saturated carbocycles. The second kappa shape index (κ2) is 7.48. The number of ether oxygens (including phenoxy) is 3. The van der Waals surface area contributed by atoms with Gasteiger partial charge in [-0.25, -0.2) is 4.90 Å². The van der Waals surface area contributed by atoms with E-state index in [1.54, 1.807) is 0 Å². The lowest BCUT2D eigenvalue weighted by atomic mass is 9.98. The van der Waals surface area contributed by atoms with Gasteiger partial charge in [-0.3, -0.25) is 9.69 Å². The number of likely N-dealkylation sites (tertiary alicyclic amines) is 1. The van der Waals surface area contributed by atoms with Gasteiger partial charge in [0.1, 0.15) is 12.0 Å². The van der Waals surface area contributed by atoms with Gasteiger partial charge in [-0.1, -0.05) is 12.1 Å². The van der Waals surface area contributed by atoms with Crippen molar-refractivity contribution < 1.29 is 24.1 Å². The summed E-state index contributed by atoms with van der Waals surface area (Å²) >= 11 is 0. The maximum absolute atomic E-state index is 13.0. The molecule has 7 nitrogen and oxygen atoms in total. The molecule has 0 aromatic heterocycles. The minimum absolute atomic E-state index is 0.0279. The van der Waals surface area contributed by atoms with Crippen LogP contribution < -0.4 is 4.74 Å². The number of fused-ring (bicyclic) bond motifs is 1. The van der Waals surface area contributed by atoms with Crippen molar-refractivity contribution in [1.29, 1.82) is 0 Å². The Balaban J connectivity index is 1.65. The minimum atomic E-state index is -1.15. The number of ketones is 1. The predicted molar refractivity (Wildman–Crippen MR) is 98.6 cm³/mol. The van der Waals surface area contributed by atoms with Crippen LogP contribution in [0.25, 0.3) is 0 Å². The number of morpholine rings is 1. The summed E-state index contributed by atoms with van der Waals surface area (Å²) in [6, 6.07) is 5.64. The molecule has 0 bridgehead atoms. The normalized spacial score (nSPS) is 30.8. The highest BCUT2D eigenvalue weighted by molar-refractivity contribution is 6.00. The number of para-hydroxylation sites is 1. The Kier molecular flexibility index (Phi) is 5.22. The molecule has 3 aliphatic heterocycles. The number of hydrogen-bond acceptors (Lipinski definition) is 7. The number of benzene rings is 1. The van der Waals surface area contributed by atoms with Crippen molar-refractivity contribution in [3.05, 3.63) is 29.3 Å². The molecule has 0 radical (unpaired) electrons. The van der Waals surface area contributed by atoms with Gasteiger partial charge in [-0.05, 0) is 31.9 Å². The van der Waals surface area contributed by atoms with E-state index in [1.807, 2.05) is 32.0 Å². The van der Waals surface area contributed by atoms with E-state index in [0.717, 1.165) is 18.5 Å². The average molecular weight is 376 g/mol. The Morgan fingerprint density at radius 2 is 2.07 bits per heavy atom. The van der Waals surface area contributed by atoms with Gasteiger partial charge in [0, 0.05) is 26.2 Å².